The molecule has 2 heterocycles. The molecule has 86 valence electrons. The second-order valence-electron chi connectivity index (χ2n) is 3.42. The maximum absolute atomic E-state index is 11.2. The van der Waals surface area contributed by atoms with Crippen LogP contribution in [0.5, 0.6) is 0 Å². The van der Waals surface area contributed by atoms with Gasteiger partial charge in [-0.1, -0.05) is 5.21 Å². The van der Waals surface area contributed by atoms with Gasteiger partial charge in [-0.2, -0.15) is 0 Å². The van der Waals surface area contributed by atoms with Gasteiger partial charge in [-0.3, -0.25) is 10.1 Å². The van der Waals surface area contributed by atoms with Gasteiger partial charge >= 0.3 is 6.03 Å². The van der Waals surface area contributed by atoms with E-state index in [1.807, 2.05) is 0 Å². The SMILES string of the molecule is O=C1NC(=O)C(Cc2cn(CCO)nn2)N1. The summed E-state index contributed by atoms with van der Waals surface area (Å²) in [6.07, 6.45) is 1.93. The number of hydrogen-bond donors (Lipinski definition) is 3. The van der Waals surface area contributed by atoms with Crippen molar-refractivity contribution in [3.8, 4) is 0 Å². The highest BCUT2D eigenvalue weighted by Gasteiger charge is 2.30. The van der Waals surface area contributed by atoms with Gasteiger partial charge < -0.3 is 10.4 Å². The van der Waals surface area contributed by atoms with Gasteiger partial charge in [-0.05, 0) is 0 Å². The highest BCUT2D eigenvalue weighted by atomic mass is 16.3. The highest BCUT2D eigenvalue weighted by molar-refractivity contribution is 6.04. The highest BCUT2D eigenvalue weighted by Crippen LogP contribution is 2.02. The van der Waals surface area contributed by atoms with Crippen molar-refractivity contribution < 1.29 is 14.7 Å². The summed E-state index contributed by atoms with van der Waals surface area (Å²) in [4.78, 5) is 22.1. The van der Waals surface area contributed by atoms with Crippen LogP contribution in [0.15, 0.2) is 6.20 Å². The molecular weight excluding hydrogens is 214 g/mol. The van der Waals surface area contributed by atoms with Crippen molar-refractivity contribution in [3.63, 3.8) is 0 Å². The molecule has 0 aliphatic carbocycles. The molecule has 0 bridgehead atoms. The number of aromatic nitrogens is 3. The van der Waals surface area contributed by atoms with Crippen LogP contribution in [0.25, 0.3) is 0 Å². The van der Waals surface area contributed by atoms with E-state index in [9.17, 15) is 9.59 Å². The molecule has 1 unspecified atom stereocenters. The largest absolute Gasteiger partial charge is 0.394 e. The summed E-state index contributed by atoms with van der Waals surface area (Å²) in [7, 11) is 0. The van der Waals surface area contributed by atoms with Gasteiger partial charge in [-0.15, -0.1) is 5.10 Å². The molecule has 0 spiro atoms. The zero-order chi connectivity index (χ0) is 11.5. The summed E-state index contributed by atoms with van der Waals surface area (Å²) in [5.74, 6) is -0.360. The van der Waals surface area contributed by atoms with Gasteiger partial charge in [0.2, 0.25) is 0 Å². The number of hydrogen-bond acceptors (Lipinski definition) is 5. The number of carbonyl (C=O) groups is 2. The van der Waals surface area contributed by atoms with E-state index in [0.29, 0.717) is 18.7 Å². The molecule has 2 rings (SSSR count). The fourth-order valence-electron chi connectivity index (χ4n) is 1.46. The number of aliphatic hydroxyl groups excluding tert-OH is 1. The van der Waals surface area contributed by atoms with Crippen LogP contribution in [0.1, 0.15) is 5.69 Å². The molecule has 1 aromatic rings. The van der Waals surface area contributed by atoms with E-state index in [-0.39, 0.29) is 12.5 Å². The van der Waals surface area contributed by atoms with E-state index in [4.69, 9.17) is 5.11 Å². The minimum atomic E-state index is -0.591. The maximum Gasteiger partial charge on any atom is 0.322 e. The summed E-state index contributed by atoms with van der Waals surface area (Å²) < 4.78 is 1.48. The molecule has 3 amide bonds. The zero-order valence-corrected chi connectivity index (χ0v) is 8.38. The van der Waals surface area contributed by atoms with Crippen LogP contribution in [-0.4, -0.2) is 44.7 Å². The fraction of sp³-hybridized carbons (Fsp3) is 0.500. The molecule has 16 heavy (non-hydrogen) atoms. The molecule has 1 aromatic heterocycles. The van der Waals surface area contributed by atoms with Gasteiger partial charge in [0.15, 0.2) is 0 Å². The molecule has 0 saturated carbocycles. The molecule has 1 saturated heterocycles. The lowest BCUT2D eigenvalue weighted by Crippen LogP contribution is -2.31. The normalized spacial score (nSPS) is 19.7. The molecule has 1 fully saturated rings. The lowest BCUT2D eigenvalue weighted by atomic mass is 10.2. The van der Waals surface area contributed by atoms with Crippen molar-refractivity contribution >= 4 is 11.9 Å². The van der Waals surface area contributed by atoms with Gasteiger partial charge in [0.05, 0.1) is 18.8 Å². The maximum atomic E-state index is 11.2. The second kappa shape index (κ2) is 4.27. The molecule has 0 radical (unpaired) electrons. The van der Waals surface area contributed by atoms with Crippen LogP contribution in [0.4, 0.5) is 4.79 Å². The van der Waals surface area contributed by atoms with Crippen LogP contribution in [-0.2, 0) is 17.8 Å². The number of rotatable bonds is 4. The van der Waals surface area contributed by atoms with Crippen LogP contribution < -0.4 is 10.6 Å². The lowest BCUT2D eigenvalue weighted by Gasteiger charge is -2.02. The monoisotopic (exact) mass is 225 g/mol. The summed E-state index contributed by atoms with van der Waals surface area (Å²) in [5.41, 5.74) is 0.593. The standard InChI is InChI=1S/C8H11N5O3/c14-2-1-13-4-5(11-12-13)3-6-7(15)10-8(16)9-6/h4,6,14H,1-3H2,(H2,9,10,15,16). The average Bonchev–Trinajstić information content (AvgIpc) is 2.76. The van der Waals surface area contributed by atoms with Crippen molar-refractivity contribution in [1.29, 1.82) is 0 Å². The predicted octanol–water partition coefficient (Wildman–Crippen LogP) is -1.98. The first-order valence-corrected chi connectivity index (χ1v) is 4.80. The average molecular weight is 225 g/mol. The summed E-state index contributed by atoms with van der Waals surface area (Å²) in [6, 6.07) is -1.08. The first kappa shape index (κ1) is 10.6. The van der Waals surface area contributed by atoms with E-state index in [1.54, 1.807) is 6.20 Å². The molecule has 1 aliphatic heterocycles. The van der Waals surface area contributed by atoms with Crippen LogP contribution >= 0.6 is 0 Å². The Morgan fingerprint density at radius 2 is 2.31 bits per heavy atom. The Labute approximate surface area is 90.6 Å². The van der Waals surface area contributed by atoms with Gasteiger partial charge in [0.1, 0.15) is 6.04 Å². The third kappa shape index (κ3) is 2.16. The molecule has 1 atom stereocenters. The Kier molecular flexibility index (Phi) is 2.82. The molecule has 1 aliphatic rings. The van der Waals surface area contributed by atoms with Gasteiger partial charge in [-0.25, -0.2) is 9.48 Å². The third-order valence-corrected chi connectivity index (χ3v) is 2.19. The summed E-state index contributed by atoms with van der Waals surface area (Å²) in [6.45, 7) is 0.333. The number of carbonyl (C=O) groups excluding carboxylic acids is 2. The first-order valence-electron chi connectivity index (χ1n) is 4.80. The molecule has 3 N–H and O–H groups in total. The number of urea groups is 1. The number of nitrogens with one attached hydrogen (secondary N) is 2. The molecule has 8 heteroatoms. The van der Waals surface area contributed by atoms with Crippen molar-refractivity contribution in [2.75, 3.05) is 6.61 Å². The van der Waals surface area contributed by atoms with E-state index < -0.39 is 12.1 Å². The van der Waals surface area contributed by atoms with Crippen molar-refractivity contribution in [1.82, 2.24) is 25.6 Å². The minimum Gasteiger partial charge on any atom is -0.394 e. The van der Waals surface area contributed by atoms with E-state index in [1.165, 1.54) is 4.68 Å². The van der Waals surface area contributed by atoms with E-state index >= 15 is 0 Å². The Balaban J connectivity index is 1.98. The lowest BCUT2D eigenvalue weighted by molar-refractivity contribution is -0.120. The third-order valence-electron chi connectivity index (χ3n) is 2.19. The second-order valence-corrected chi connectivity index (χ2v) is 3.42. The Morgan fingerprint density at radius 1 is 1.50 bits per heavy atom. The first-order chi connectivity index (χ1) is 7.69. The molecule has 0 aromatic carbocycles. The quantitative estimate of drug-likeness (QED) is 0.514. The van der Waals surface area contributed by atoms with Crippen LogP contribution in [0.2, 0.25) is 0 Å². The summed E-state index contributed by atoms with van der Waals surface area (Å²) >= 11 is 0. The van der Waals surface area contributed by atoms with Crippen molar-refractivity contribution in [3.05, 3.63) is 11.9 Å². The number of nitrogens with zero attached hydrogens (tertiary/aromatic N) is 3. The van der Waals surface area contributed by atoms with Crippen LogP contribution in [0, 0.1) is 0 Å². The molecular formula is C8H11N5O3. The fourth-order valence-corrected chi connectivity index (χ4v) is 1.46. The van der Waals surface area contributed by atoms with Gasteiger partial charge in [0, 0.05) is 12.6 Å². The minimum absolute atomic E-state index is 0.0244. The smallest absolute Gasteiger partial charge is 0.322 e. The van der Waals surface area contributed by atoms with Crippen LogP contribution in [0.3, 0.4) is 0 Å². The zero-order valence-electron chi connectivity index (χ0n) is 8.38. The van der Waals surface area contributed by atoms with E-state index in [0.717, 1.165) is 0 Å². The van der Waals surface area contributed by atoms with Gasteiger partial charge in [0.25, 0.3) is 5.91 Å². The Bertz CT molecular complexity index is 416. The number of imide groups is 1. The Hall–Kier alpha value is -1.96. The topological polar surface area (TPSA) is 109 Å². The van der Waals surface area contributed by atoms with Crippen molar-refractivity contribution in [2.24, 2.45) is 0 Å². The number of amides is 3. The predicted molar refractivity (Wildman–Crippen MR) is 51.3 cm³/mol. The van der Waals surface area contributed by atoms with Crippen molar-refractivity contribution in [2.45, 2.75) is 19.0 Å². The number of aliphatic hydroxyl groups is 1. The summed E-state index contributed by atoms with van der Waals surface area (Å²) in [5, 5.41) is 20.9. The van der Waals surface area contributed by atoms with E-state index in [2.05, 4.69) is 20.9 Å². The molecule has 8 nitrogen and oxygen atoms in total. The Morgan fingerprint density at radius 3 is 2.94 bits per heavy atom.